The Morgan fingerprint density at radius 3 is 2.68 bits per heavy atom. The molecule has 0 aliphatic rings. The van der Waals surface area contributed by atoms with Gasteiger partial charge in [0.2, 0.25) is 0 Å². The van der Waals surface area contributed by atoms with E-state index in [1.165, 1.54) is 4.68 Å². The SMILES string of the molecule is COc1cc(C=NNc2nnc(C)n2N)ccc1OCc1ccc(Cl)cc1Cl. The van der Waals surface area contributed by atoms with Crippen LogP contribution in [0.5, 0.6) is 11.5 Å². The number of hydrogen-bond acceptors (Lipinski definition) is 7. The van der Waals surface area contributed by atoms with Gasteiger partial charge in [-0.2, -0.15) is 5.10 Å². The van der Waals surface area contributed by atoms with Crippen molar-refractivity contribution >= 4 is 35.4 Å². The Balaban J connectivity index is 1.67. The fourth-order valence-corrected chi connectivity index (χ4v) is 2.75. The third-order valence-electron chi connectivity index (χ3n) is 3.83. The number of nitrogens with one attached hydrogen (secondary N) is 1. The molecule has 0 saturated carbocycles. The van der Waals surface area contributed by atoms with Crippen LogP contribution in [-0.2, 0) is 6.61 Å². The standard InChI is InChI=1S/C18H18Cl2N6O2/c1-11-23-25-18(26(11)21)24-22-9-12-3-6-16(17(7-12)27-2)28-10-13-4-5-14(19)8-15(13)20/h3-9H,10,21H2,1-2H3,(H,24,25). The van der Waals surface area contributed by atoms with Gasteiger partial charge in [-0.3, -0.25) is 0 Å². The second-order valence-electron chi connectivity index (χ2n) is 5.75. The van der Waals surface area contributed by atoms with Crippen molar-refractivity contribution in [2.24, 2.45) is 5.10 Å². The van der Waals surface area contributed by atoms with Crippen LogP contribution in [0.25, 0.3) is 0 Å². The number of hydrazone groups is 1. The van der Waals surface area contributed by atoms with Gasteiger partial charge in [0.15, 0.2) is 17.3 Å². The molecule has 0 aliphatic carbocycles. The predicted octanol–water partition coefficient (Wildman–Crippen LogP) is 3.64. The summed E-state index contributed by atoms with van der Waals surface area (Å²) in [5.41, 5.74) is 4.34. The topological polar surface area (TPSA) is 99.6 Å². The van der Waals surface area contributed by atoms with E-state index >= 15 is 0 Å². The van der Waals surface area contributed by atoms with Crippen LogP contribution in [-0.4, -0.2) is 28.2 Å². The monoisotopic (exact) mass is 420 g/mol. The number of nitrogen functional groups attached to an aromatic ring is 1. The zero-order chi connectivity index (χ0) is 20.1. The smallest absolute Gasteiger partial charge is 0.263 e. The minimum atomic E-state index is 0.285. The van der Waals surface area contributed by atoms with Gasteiger partial charge in [-0.15, -0.1) is 10.2 Å². The van der Waals surface area contributed by atoms with Gasteiger partial charge in [0.05, 0.1) is 13.3 Å². The lowest BCUT2D eigenvalue weighted by molar-refractivity contribution is 0.284. The molecule has 0 amide bonds. The fourth-order valence-electron chi connectivity index (χ4n) is 2.29. The highest BCUT2D eigenvalue weighted by Gasteiger charge is 2.08. The number of nitrogens with zero attached hydrogens (tertiary/aromatic N) is 4. The molecular weight excluding hydrogens is 403 g/mol. The molecule has 2 aromatic carbocycles. The third kappa shape index (κ3) is 4.65. The molecule has 0 bridgehead atoms. The molecule has 8 nitrogen and oxygen atoms in total. The summed E-state index contributed by atoms with van der Waals surface area (Å²) in [6.07, 6.45) is 1.60. The van der Waals surface area contributed by atoms with Crippen molar-refractivity contribution in [2.75, 3.05) is 18.4 Å². The third-order valence-corrected chi connectivity index (χ3v) is 4.42. The van der Waals surface area contributed by atoms with Crippen LogP contribution in [0.3, 0.4) is 0 Å². The highest BCUT2D eigenvalue weighted by Crippen LogP contribution is 2.29. The number of ether oxygens (including phenoxy) is 2. The van der Waals surface area contributed by atoms with Gasteiger partial charge in [-0.05, 0) is 42.8 Å². The number of halogens is 2. The van der Waals surface area contributed by atoms with Crippen molar-refractivity contribution in [1.29, 1.82) is 0 Å². The van der Waals surface area contributed by atoms with Gasteiger partial charge in [-0.25, -0.2) is 10.1 Å². The molecule has 28 heavy (non-hydrogen) atoms. The van der Waals surface area contributed by atoms with E-state index in [1.807, 2.05) is 12.1 Å². The maximum atomic E-state index is 6.17. The molecular formula is C18H18Cl2N6O2. The van der Waals surface area contributed by atoms with Gasteiger partial charge in [0, 0.05) is 15.6 Å². The lowest BCUT2D eigenvalue weighted by atomic mass is 10.2. The van der Waals surface area contributed by atoms with E-state index in [9.17, 15) is 0 Å². The summed E-state index contributed by atoms with van der Waals surface area (Å²) in [6.45, 7) is 2.02. The summed E-state index contributed by atoms with van der Waals surface area (Å²) < 4.78 is 12.5. The zero-order valence-electron chi connectivity index (χ0n) is 15.2. The molecule has 10 heteroatoms. The van der Waals surface area contributed by atoms with Gasteiger partial charge in [0.1, 0.15) is 6.61 Å². The van der Waals surface area contributed by atoms with Gasteiger partial charge >= 0.3 is 0 Å². The molecule has 0 atom stereocenters. The summed E-state index contributed by atoms with van der Waals surface area (Å²) in [5, 5.41) is 12.9. The largest absolute Gasteiger partial charge is 0.493 e. The number of anilines is 1. The summed E-state index contributed by atoms with van der Waals surface area (Å²) >= 11 is 12.1. The van der Waals surface area contributed by atoms with Crippen LogP contribution in [0.2, 0.25) is 10.0 Å². The summed E-state index contributed by atoms with van der Waals surface area (Å²) in [4.78, 5) is 0. The molecule has 1 heterocycles. The van der Waals surface area contributed by atoms with E-state index in [2.05, 4.69) is 20.7 Å². The van der Waals surface area contributed by atoms with Crippen LogP contribution >= 0.6 is 23.2 Å². The lowest BCUT2D eigenvalue weighted by Gasteiger charge is -2.12. The summed E-state index contributed by atoms with van der Waals surface area (Å²) in [5.74, 6) is 7.80. The Hall–Kier alpha value is -2.97. The average molecular weight is 421 g/mol. The molecule has 0 unspecified atom stereocenters. The van der Waals surface area contributed by atoms with Gasteiger partial charge in [-0.1, -0.05) is 29.3 Å². The molecule has 1 aromatic heterocycles. The van der Waals surface area contributed by atoms with Crippen molar-refractivity contribution < 1.29 is 9.47 Å². The minimum Gasteiger partial charge on any atom is -0.493 e. The first-order valence-corrected chi connectivity index (χ1v) is 8.94. The van der Waals surface area contributed by atoms with E-state index in [-0.39, 0.29) is 6.61 Å². The molecule has 0 saturated heterocycles. The first kappa shape index (κ1) is 19.8. The number of hydrogen-bond donors (Lipinski definition) is 2. The molecule has 0 fully saturated rings. The quantitative estimate of drug-likeness (QED) is 0.343. The maximum absolute atomic E-state index is 6.17. The second-order valence-corrected chi connectivity index (χ2v) is 6.59. The first-order chi connectivity index (χ1) is 13.5. The highest BCUT2D eigenvalue weighted by molar-refractivity contribution is 6.35. The molecule has 0 radical (unpaired) electrons. The number of benzene rings is 2. The molecule has 3 N–H and O–H groups in total. The molecule has 3 rings (SSSR count). The highest BCUT2D eigenvalue weighted by atomic mass is 35.5. The lowest BCUT2D eigenvalue weighted by Crippen LogP contribution is -2.13. The normalized spacial score (nSPS) is 11.0. The summed E-state index contributed by atoms with van der Waals surface area (Å²) in [7, 11) is 1.57. The van der Waals surface area contributed by atoms with E-state index in [4.69, 9.17) is 38.5 Å². The van der Waals surface area contributed by atoms with Crippen molar-refractivity contribution in [3.63, 3.8) is 0 Å². The predicted molar refractivity (Wildman–Crippen MR) is 110 cm³/mol. The Morgan fingerprint density at radius 2 is 2.00 bits per heavy atom. The van der Waals surface area contributed by atoms with Crippen LogP contribution in [0.4, 0.5) is 5.95 Å². The van der Waals surface area contributed by atoms with Crippen LogP contribution in [0, 0.1) is 6.92 Å². The Kier molecular flexibility index (Phi) is 6.23. The van der Waals surface area contributed by atoms with Crippen molar-refractivity contribution in [3.05, 3.63) is 63.4 Å². The van der Waals surface area contributed by atoms with E-state index in [0.717, 1.165) is 11.1 Å². The summed E-state index contributed by atoms with van der Waals surface area (Å²) in [6, 6.07) is 10.7. The van der Waals surface area contributed by atoms with Gasteiger partial charge < -0.3 is 15.3 Å². The molecule has 0 aliphatic heterocycles. The Labute approximate surface area is 171 Å². The van der Waals surface area contributed by atoms with Crippen LogP contribution in [0.15, 0.2) is 41.5 Å². The number of nitrogens with two attached hydrogens (primary N) is 1. The second kappa shape index (κ2) is 8.81. The van der Waals surface area contributed by atoms with E-state index in [0.29, 0.717) is 33.3 Å². The molecule has 146 valence electrons. The Bertz CT molecular complexity index is 1010. The number of aromatic nitrogens is 3. The molecule has 0 spiro atoms. The van der Waals surface area contributed by atoms with E-state index < -0.39 is 0 Å². The number of rotatable bonds is 7. The van der Waals surface area contributed by atoms with Crippen molar-refractivity contribution in [3.8, 4) is 11.5 Å². The first-order valence-electron chi connectivity index (χ1n) is 8.19. The van der Waals surface area contributed by atoms with Gasteiger partial charge in [0.25, 0.3) is 5.95 Å². The van der Waals surface area contributed by atoms with Crippen LogP contribution < -0.4 is 20.7 Å². The van der Waals surface area contributed by atoms with Crippen molar-refractivity contribution in [2.45, 2.75) is 13.5 Å². The zero-order valence-corrected chi connectivity index (χ0v) is 16.7. The molecule has 3 aromatic rings. The van der Waals surface area contributed by atoms with Crippen molar-refractivity contribution in [1.82, 2.24) is 14.9 Å². The minimum absolute atomic E-state index is 0.285. The average Bonchev–Trinajstić information content (AvgIpc) is 3.00. The van der Waals surface area contributed by atoms with E-state index in [1.54, 1.807) is 44.5 Å². The number of aryl methyl sites for hydroxylation is 1. The fraction of sp³-hybridized carbons (Fsp3) is 0.167. The van der Waals surface area contributed by atoms with Crippen LogP contribution in [0.1, 0.15) is 17.0 Å². The Morgan fingerprint density at radius 1 is 1.18 bits per heavy atom. The maximum Gasteiger partial charge on any atom is 0.263 e. The number of methoxy groups -OCH3 is 1.